The predicted octanol–water partition coefficient (Wildman–Crippen LogP) is 0.559. The summed E-state index contributed by atoms with van der Waals surface area (Å²) in [4.78, 5) is 14.0. The summed E-state index contributed by atoms with van der Waals surface area (Å²) in [6, 6.07) is 8.43. The topological polar surface area (TPSA) is 44.4 Å². The lowest BCUT2D eigenvalue weighted by molar-refractivity contribution is -0.122. The first-order chi connectivity index (χ1) is 9.24. The number of benzene rings is 1. The summed E-state index contributed by atoms with van der Waals surface area (Å²) in [5.41, 5.74) is 2.55. The van der Waals surface area contributed by atoms with Gasteiger partial charge < -0.3 is 10.6 Å². The Balaban J connectivity index is 1.66. The van der Waals surface area contributed by atoms with E-state index >= 15 is 0 Å². The molecule has 4 heteroatoms. The molecule has 1 aliphatic heterocycles. The highest BCUT2D eigenvalue weighted by Gasteiger charge is 2.12. The van der Waals surface area contributed by atoms with Gasteiger partial charge in [0, 0.05) is 32.7 Å². The third-order valence-electron chi connectivity index (χ3n) is 3.40. The van der Waals surface area contributed by atoms with Crippen LogP contribution in [-0.2, 0) is 11.2 Å². The van der Waals surface area contributed by atoms with Crippen LogP contribution in [0.15, 0.2) is 24.3 Å². The molecule has 0 radical (unpaired) electrons. The van der Waals surface area contributed by atoms with Crippen LogP contribution in [0.5, 0.6) is 0 Å². The average molecular weight is 261 g/mol. The smallest absolute Gasteiger partial charge is 0.234 e. The van der Waals surface area contributed by atoms with E-state index in [2.05, 4.69) is 46.7 Å². The van der Waals surface area contributed by atoms with E-state index in [1.54, 1.807) is 0 Å². The van der Waals surface area contributed by atoms with Crippen LogP contribution in [0.4, 0.5) is 0 Å². The molecule has 0 aliphatic carbocycles. The molecule has 1 fully saturated rings. The Kier molecular flexibility index (Phi) is 5.36. The molecule has 104 valence electrons. The van der Waals surface area contributed by atoms with Gasteiger partial charge in [0.15, 0.2) is 0 Å². The highest BCUT2D eigenvalue weighted by Crippen LogP contribution is 2.03. The maximum absolute atomic E-state index is 11.8. The van der Waals surface area contributed by atoms with Crippen molar-refractivity contribution in [2.45, 2.75) is 13.3 Å². The number of nitrogens with one attached hydrogen (secondary N) is 2. The maximum Gasteiger partial charge on any atom is 0.234 e. The van der Waals surface area contributed by atoms with Gasteiger partial charge in [0.1, 0.15) is 0 Å². The number of carbonyl (C=O) groups excluding carboxylic acids is 1. The van der Waals surface area contributed by atoms with E-state index in [1.165, 1.54) is 11.1 Å². The monoisotopic (exact) mass is 261 g/mol. The number of carbonyl (C=O) groups is 1. The van der Waals surface area contributed by atoms with E-state index in [-0.39, 0.29) is 5.91 Å². The Hall–Kier alpha value is -1.39. The maximum atomic E-state index is 11.8. The van der Waals surface area contributed by atoms with Gasteiger partial charge in [-0.2, -0.15) is 0 Å². The standard InChI is InChI=1S/C15H23N3O/c1-13-3-2-4-14(11-13)5-6-17-15(19)12-18-9-7-16-8-10-18/h2-4,11,16H,5-10,12H2,1H3,(H,17,19). The molecule has 1 saturated heterocycles. The van der Waals surface area contributed by atoms with Crippen LogP contribution in [0.2, 0.25) is 0 Å². The summed E-state index contributed by atoms with van der Waals surface area (Å²) >= 11 is 0. The van der Waals surface area contributed by atoms with E-state index in [0.29, 0.717) is 13.1 Å². The summed E-state index contributed by atoms with van der Waals surface area (Å²) in [6.45, 7) is 7.22. The van der Waals surface area contributed by atoms with Crippen molar-refractivity contribution in [1.29, 1.82) is 0 Å². The van der Waals surface area contributed by atoms with Crippen molar-refractivity contribution in [3.8, 4) is 0 Å². The second kappa shape index (κ2) is 7.26. The van der Waals surface area contributed by atoms with Gasteiger partial charge in [-0.05, 0) is 18.9 Å². The molecule has 19 heavy (non-hydrogen) atoms. The lowest BCUT2D eigenvalue weighted by Crippen LogP contribution is -2.47. The fraction of sp³-hybridized carbons (Fsp3) is 0.533. The molecule has 1 heterocycles. The number of hydrogen-bond acceptors (Lipinski definition) is 3. The first-order valence-electron chi connectivity index (χ1n) is 6.99. The van der Waals surface area contributed by atoms with Crippen molar-refractivity contribution < 1.29 is 4.79 Å². The minimum Gasteiger partial charge on any atom is -0.355 e. The van der Waals surface area contributed by atoms with E-state index in [0.717, 1.165) is 32.6 Å². The Morgan fingerprint density at radius 1 is 1.37 bits per heavy atom. The molecule has 1 aromatic carbocycles. The first-order valence-corrected chi connectivity index (χ1v) is 6.99. The molecule has 4 nitrogen and oxygen atoms in total. The van der Waals surface area contributed by atoms with Crippen molar-refractivity contribution in [3.05, 3.63) is 35.4 Å². The minimum atomic E-state index is 0.134. The van der Waals surface area contributed by atoms with E-state index in [1.807, 2.05) is 0 Å². The van der Waals surface area contributed by atoms with Gasteiger partial charge >= 0.3 is 0 Å². The zero-order valence-corrected chi connectivity index (χ0v) is 11.6. The number of hydrogen-bond donors (Lipinski definition) is 2. The molecule has 0 bridgehead atoms. The quantitative estimate of drug-likeness (QED) is 0.814. The van der Waals surface area contributed by atoms with Crippen LogP contribution >= 0.6 is 0 Å². The first kappa shape index (κ1) is 14.0. The van der Waals surface area contributed by atoms with Gasteiger partial charge in [-0.15, -0.1) is 0 Å². The molecule has 2 rings (SSSR count). The van der Waals surface area contributed by atoms with Gasteiger partial charge in [0.05, 0.1) is 6.54 Å². The van der Waals surface area contributed by atoms with Crippen molar-refractivity contribution in [3.63, 3.8) is 0 Å². The van der Waals surface area contributed by atoms with Crippen molar-refractivity contribution in [2.24, 2.45) is 0 Å². The molecule has 1 amide bonds. The second-order valence-corrected chi connectivity index (χ2v) is 5.12. The third kappa shape index (κ3) is 5.01. The summed E-state index contributed by atoms with van der Waals surface area (Å²) in [6.07, 6.45) is 0.898. The number of piperazine rings is 1. The SMILES string of the molecule is Cc1cccc(CCNC(=O)CN2CCNCC2)c1. The molecule has 1 aromatic rings. The van der Waals surface area contributed by atoms with E-state index < -0.39 is 0 Å². The van der Waals surface area contributed by atoms with Crippen LogP contribution in [0.25, 0.3) is 0 Å². The molecular formula is C15H23N3O. The summed E-state index contributed by atoms with van der Waals surface area (Å²) in [5.74, 6) is 0.134. The summed E-state index contributed by atoms with van der Waals surface area (Å²) in [7, 11) is 0. The third-order valence-corrected chi connectivity index (χ3v) is 3.40. The van der Waals surface area contributed by atoms with Crippen molar-refractivity contribution in [1.82, 2.24) is 15.5 Å². The number of rotatable bonds is 5. The van der Waals surface area contributed by atoms with Crippen molar-refractivity contribution in [2.75, 3.05) is 39.3 Å². The molecule has 0 spiro atoms. The molecule has 0 aromatic heterocycles. The Labute approximate surface area is 115 Å². The highest BCUT2D eigenvalue weighted by molar-refractivity contribution is 5.78. The normalized spacial score (nSPS) is 16.3. The lowest BCUT2D eigenvalue weighted by atomic mass is 10.1. The van der Waals surface area contributed by atoms with Gasteiger partial charge in [-0.1, -0.05) is 29.8 Å². The molecule has 0 saturated carbocycles. The molecule has 1 aliphatic rings. The van der Waals surface area contributed by atoms with Crippen molar-refractivity contribution >= 4 is 5.91 Å². The van der Waals surface area contributed by atoms with Gasteiger partial charge in [-0.25, -0.2) is 0 Å². The van der Waals surface area contributed by atoms with Crippen LogP contribution in [0.3, 0.4) is 0 Å². The fourth-order valence-corrected chi connectivity index (χ4v) is 2.34. The molecule has 0 unspecified atom stereocenters. The predicted molar refractivity (Wildman–Crippen MR) is 77.2 cm³/mol. The van der Waals surface area contributed by atoms with E-state index in [4.69, 9.17) is 0 Å². The number of nitrogens with zero attached hydrogens (tertiary/aromatic N) is 1. The summed E-state index contributed by atoms with van der Waals surface area (Å²) in [5, 5.41) is 6.28. The Morgan fingerprint density at radius 2 is 2.16 bits per heavy atom. The average Bonchev–Trinajstić information content (AvgIpc) is 2.40. The molecular weight excluding hydrogens is 238 g/mol. The van der Waals surface area contributed by atoms with E-state index in [9.17, 15) is 4.79 Å². The lowest BCUT2D eigenvalue weighted by Gasteiger charge is -2.26. The van der Waals surface area contributed by atoms with Gasteiger partial charge in [0.2, 0.25) is 5.91 Å². The van der Waals surface area contributed by atoms with Gasteiger partial charge in [-0.3, -0.25) is 9.69 Å². The summed E-state index contributed by atoms with van der Waals surface area (Å²) < 4.78 is 0. The molecule has 0 atom stereocenters. The highest BCUT2D eigenvalue weighted by atomic mass is 16.2. The van der Waals surface area contributed by atoms with Crippen LogP contribution in [-0.4, -0.2) is 50.1 Å². The zero-order valence-electron chi connectivity index (χ0n) is 11.6. The minimum absolute atomic E-state index is 0.134. The Bertz CT molecular complexity index is 414. The van der Waals surface area contributed by atoms with Crippen LogP contribution < -0.4 is 10.6 Å². The largest absolute Gasteiger partial charge is 0.355 e. The van der Waals surface area contributed by atoms with Crippen LogP contribution in [0.1, 0.15) is 11.1 Å². The van der Waals surface area contributed by atoms with Gasteiger partial charge in [0.25, 0.3) is 0 Å². The number of aryl methyl sites for hydroxylation is 1. The second-order valence-electron chi connectivity index (χ2n) is 5.12. The zero-order chi connectivity index (χ0) is 13.5. The number of amides is 1. The fourth-order valence-electron chi connectivity index (χ4n) is 2.34. The molecule has 2 N–H and O–H groups in total. The Morgan fingerprint density at radius 3 is 2.89 bits per heavy atom. The van der Waals surface area contributed by atoms with Crippen LogP contribution in [0, 0.1) is 6.92 Å².